The van der Waals surface area contributed by atoms with Gasteiger partial charge < -0.3 is 0 Å². The van der Waals surface area contributed by atoms with Crippen LogP contribution in [0.5, 0.6) is 0 Å². The molecule has 20 heavy (non-hydrogen) atoms. The molecule has 0 aliphatic carbocycles. The predicted molar refractivity (Wildman–Crippen MR) is 71.0 cm³/mol. The second kappa shape index (κ2) is 5.73. The first-order valence-corrected chi connectivity index (χ1v) is 6.13. The lowest BCUT2D eigenvalue weighted by molar-refractivity contribution is -0.163. The Labute approximate surface area is 119 Å². The Morgan fingerprint density at radius 1 is 0.950 bits per heavy atom. The Morgan fingerprint density at radius 2 is 1.50 bits per heavy atom. The van der Waals surface area contributed by atoms with Crippen LogP contribution in [0, 0.1) is 0 Å². The van der Waals surface area contributed by atoms with E-state index >= 15 is 0 Å². The van der Waals surface area contributed by atoms with Crippen LogP contribution < -0.4 is 5.06 Å². The van der Waals surface area contributed by atoms with Gasteiger partial charge in [0.2, 0.25) is 0 Å². The minimum Gasteiger partial charge on any atom is -0.287 e. The number of para-hydroxylation sites is 1. The van der Waals surface area contributed by atoms with E-state index in [-0.39, 0.29) is 16.3 Å². The van der Waals surface area contributed by atoms with Gasteiger partial charge in [0.05, 0.1) is 5.69 Å². The van der Waals surface area contributed by atoms with Gasteiger partial charge in [-0.15, -0.1) is 0 Å². The summed E-state index contributed by atoms with van der Waals surface area (Å²) in [5, 5.41) is 10.5. The lowest BCUT2D eigenvalue weighted by Crippen LogP contribution is -2.36. The number of halogens is 4. The molecule has 0 radical (unpaired) electrons. The average Bonchev–Trinajstić information content (AvgIpc) is 2.41. The van der Waals surface area contributed by atoms with Gasteiger partial charge in [0.25, 0.3) is 0 Å². The largest absolute Gasteiger partial charge is 0.415 e. The molecule has 1 atom stereocenters. The van der Waals surface area contributed by atoms with E-state index in [4.69, 9.17) is 11.6 Å². The van der Waals surface area contributed by atoms with Crippen molar-refractivity contribution in [1.82, 2.24) is 0 Å². The number of hydrogen-bond donors (Lipinski definition) is 1. The standard InChI is InChI=1S/C14H11ClF3NO/c15-11-8-6-10(7-9-11)13(14(16,17)18)19(20)12-4-2-1-3-5-12/h1-9,13,20H. The van der Waals surface area contributed by atoms with Crippen LogP contribution in [0.15, 0.2) is 54.6 Å². The highest BCUT2D eigenvalue weighted by atomic mass is 35.5. The fourth-order valence-electron chi connectivity index (χ4n) is 1.84. The summed E-state index contributed by atoms with van der Waals surface area (Å²) in [4.78, 5) is 0. The van der Waals surface area contributed by atoms with Crippen molar-refractivity contribution in [2.75, 3.05) is 5.06 Å². The highest BCUT2D eigenvalue weighted by Gasteiger charge is 2.45. The second-order valence-electron chi connectivity index (χ2n) is 4.18. The van der Waals surface area contributed by atoms with Gasteiger partial charge in [-0.05, 0) is 29.8 Å². The number of anilines is 1. The summed E-state index contributed by atoms with van der Waals surface area (Å²) in [6, 6.07) is 10.6. The van der Waals surface area contributed by atoms with Crippen LogP contribution in [0.25, 0.3) is 0 Å². The Hall–Kier alpha value is -1.72. The molecule has 1 N–H and O–H groups in total. The summed E-state index contributed by atoms with van der Waals surface area (Å²) in [5.74, 6) is 0. The van der Waals surface area contributed by atoms with Crippen LogP contribution in [0.2, 0.25) is 5.02 Å². The summed E-state index contributed by atoms with van der Waals surface area (Å²) >= 11 is 5.67. The topological polar surface area (TPSA) is 23.5 Å². The maximum Gasteiger partial charge on any atom is 0.415 e. The Bertz CT molecular complexity index is 557. The quantitative estimate of drug-likeness (QED) is 0.820. The molecule has 0 heterocycles. The molecule has 2 nitrogen and oxygen atoms in total. The number of hydrogen-bond acceptors (Lipinski definition) is 2. The third-order valence-electron chi connectivity index (χ3n) is 2.76. The molecule has 6 heteroatoms. The molecule has 2 rings (SSSR count). The molecule has 0 saturated heterocycles. The van der Waals surface area contributed by atoms with Gasteiger partial charge in [0.15, 0.2) is 6.04 Å². The minimum absolute atomic E-state index is 0.0600. The van der Waals surface area contributed by atoms with Crippen LogP contribution in [-0.4, -0.2) is 11.4 Å². The van der Waals surface area contributed by atoms with E-state index < -0.39 is 12.2 Å². The van der Waals surface area contributed by atoms with Crippen molar-refractivity contribution < 1.29 is 18.4 Å². The third-order valence-corrected chi connectivity index (χ3v) is 3.01. The van der Waals surface area contributed by atoms with Gasteiger partial charge in [-0.25, -0.2) is 5.06 Å². The monoisotopic (exact) mass is 301 g/mol. The Kier molecular flexibility index (Phi) is 4.20. The van der Waals surface area contributed by atoms with Gasteiger partial charge in [-0.1, -0.05) is 41.9 Å². The van der Waals surface area contributed by atoms with Crippen molar-refractivity contribution in [3.05, 3.63) is 65.2 Å². The summed E-state index contributed by atoms with van der Waals surface area (Å²) in [6.07, 6.45) is -4.63. The van der Waals surface area contributed by atoms with Gasteiger partial charge in [0.1, 0.15) is 0 Å². The SMILES string of the molecule is ON(c1ccccc1)C(c1ccc(Cl)cc1)C(F)(F)F. The molecular weight excluding hydrogens is 291 g/mol. The smallest absolute Gasteiger partial charge is 0.287 e. The number of alkyl halides is 3. The molecule has 0 aromatic heterocycles. The fraction of sp³-hybridized carbons (Fsp3) is 0.143. The number of hydroxylamine groups is 1. The van der Waals surface area contributed by atoms with E-state index in [0.717, 1.165) is 0 Å². The van der Waals surface area contributed by atoms with Crippen molar-refractivity contribution in [3.8, 4) is 0 Å². The fourth-order valence-corrected chi connectivity index (χ4v) is 1.97. The van der Waals surface area contributed by atoms with E-state index in [0.29, 0.717) is 5.02 Å². The van der Waals surface area contributed by atoms with Crippen LogP contribution >= 0.6 is 11.6 Å². The zero-order valence-electron chi connectivity index (χ0n) is 10.2. The number of benzene rings is 2. The Balaban J connectivity index is 2.41. The van der Waals surface area contributed by atoms with Gasteiger partial charge in [-0.2, -0.15) is 13.2 Å². The van der Waals surface area contributed by atoms with Crippen LogP contribution in [-0.2, 0) is 0 Å². The summed E-state index contributed by atoms with van der Waals surface area (Å²) < 4.78 is 39.6. The van der Waals surface area contributed by atoms with E-state index in [2.05, 4.69) is 0 Å². The zero-order valence-corrected chi connectivity index (χ0v) is 10.9. The molecule has 0 bridgehead atoms. The van der Waals surface area contributed by atoms with E-state index in [9.17, 15) is 18.4 Å². The molecule has 0 aliphatic rings. The molecular formula is C14H11ClF3NO. The molecule has 0 spiro atoms. The van der Waals surface area contributed by atoms with Crippen LogP contribution in [0.3, 0.4) is 0 Å². The van der Waals surface area contributed by atoms with Crippen molar-refractivity contribution in [1.29, 1.82) is 0 Å². The van der Waals surface area contributed by atoms with E-state index in [1.165, 1.54) is 36.4 Å². The molecule has 0 fully saturated rings. The van der Waals surface area contributed by atoms with Gasteiger partial charge >= 0.3 is 6.18 Å². The van der Waals surface area contributed by atoms with E-state index in [1.54, 1.807) is 18.2 Å². The average molecular weight is 302 g/mol. The van der Waals surface area contributed by atoms with Crippen molar-refractivity contribution in [2.24, 2.45) is 0 Å². The van der Waals surface area contributed by atoms with Gasteiger partial charge in [0, 0.05) is 5.02 Å². The molecule has 0 saturated carbocycles. The molecule has 0 aliphatic heterocycles. The highest BCUT2D eigenvalue weighted by molar-refractivity contribution is 6.30. The molecule has 1 unspecified atom stereocenters. The lowest BCUT2D eigenvalue weighted by atomic mass is 10.1. The van der Waals surface area contributed by atoms with Crippen LogP contribution in [0.4, 0.5) is 18.9 Å². The summed E-state index contributed by atoms with van der Waals surface area (Å²) in [5.41, 5.74) is -0.0296. The normalized spacial score (nSPS) is 13.1. The predicted octanol–water partition coefficient (Wildman–Crippen LogP) is 4.84. The first-order valence-electron chi connectivity index (χ1n) is 5.75. The summed E-state index contributed by atoms with van der Waals surface area (Å²) in [7, 11) is 0. The zero-order chi connectivity index (χ0) is 14.8. The summed E-state index contributed by atoms with van der Waals surface area (Å²) in [6.45, 7) is 0. The van der Waals surface area contributed by atoms with Crippen molar-refractivity contribution in [2.45, 2.75) is 12.2 Å². The first kappa shape index (κ1) is 14.7. The highest BCUT2D eigenvalue weighted by Crippen LogP contribution is 2.39. The minimum atomic E-state index is -4.63. The third kappa shape index (κ3) is 3.23. The molecule has 0 amide bonds. The van der Waals surface area contributed by atoms with Crippen molar-refractivity contribution >= 4 is 17.3 Å². The molecule has 2 aromatic carbocycles. The molecule has 2 aromatic rings. The maximum atomic E-state index is 13.2. The number of nitrogens with zero attached hydrogens (tertiary/aromatic N) is 1. The maximum absolute atomic E-state index is 13.2. The van der Waals surface area contributed by atoms with Crippen molar-refractivity contribution in [3.63, 3.8) is 0 Å². The molecule has 106 valence electrons. The van der Waals surface area contributed by atoms with E-state index in [1.807, 2.05) is 0 Å². The second-order valence-corrected chi connectivity index (χ2v) is 4.61. The Morgan fingerprint density at radius 3 is 2.00 bits per heavy atom. The first-order chi connectivity index (χ1) is 9.39. The van der Waals surface area contributed by atoms with Gasteiger partial charge in [-0.3, -0.25) is 5.21 Å². The lowest BCUT2D eigenvalue weighted by Gasteiger charge is -2.29. The van der Waals surface area contributed by atoms with Crippen LogP contribution in [0.1, 0.15) is 11.6 Å². The number of rotatable bonds is 3.